The Balaban J connectivity index is 2.28. The Morgan fingerprint density at radius 1 is 1.43 bits per heavy atom. The molecule has 3 N–H and O–H groups in total. The van der Waals surface area contributed by atoms with E-state index >= 15 is 0 Å². The first-order valence-electron chi connectivity index (χ1n) is 4.45. The molecule has 0 aromatic heterocycles. The highest BCUT2D eigenvalue weighted by molar-refractivity contribution is 7.98. The quantitative estimate of drug-likeness (QED) is 0.581. The van der Waals surface area contributed by atoms with Gasteiger partial charge in [-0.05, 0) is 23.8 Å². The number of rotatable bonds is 5. The van der Waals surface area contributed by atoms with E-state index in [4.69, 9.17) is 10.8 Å². The van der Waals surface area contributed by atoms with Crippen LogP contribution in [0.25, 0.3) is 0 Å². The van der Waals surface area contributed by atoms with Crippen LogP contribution in [0.15, 0.2) is 24.3 Å². The minimum Gasteiger partial charge on any atom is -0.379 e. The second-order valence-electron chi connectivity index (χ2n) is 3.00. The Morgan fingerprint density at radius 3 is 2.79 bits per heavy atom. The van der Waals surface area contributed by atoms with Crippen LogP contribution in [0, 0.1) is 5.82 Å². The fourth-order valence-corrected chi connectivity index (χ4v) is 2.01. The first-order valence-corrected chi connectivity index (χ1v) is 5.60. The molecule has 1 rings (SSSR count). The van der Waals surface area contributed by atoms with Crippen molar-refractivity contribution >= 4 is 11.8 Å². The SMILES string of the molecule is NC(O)CCSCc1ccccc1F. The fraction of sp³-hybridized carbons (Fsp3) is 0.400. The molecule has 14 heavy (non-hydrogen) atoms. The average Bonchev–Trinajstić information content (AvgIpc) is 2.15. The fourth-order valence-electron chi connectivity index (χ4n) is 1.00. The second kappa shape index (κ2) is 6.01. The van der Waals surface area contributed by atoms with Crippen molar-refractivity contribution in [2.45, 2.75) is 18.4 Å². The van der Waals surface area contributed by atoms with Crippen molar-refractivity contribution in [2.75, 3.05) is 5.75 Å². The van der Waals surface area contributed by atoms with Crippen LogP contribution in [-0.4, -0.2) is 17.1 Å². The summed E-state index contributed by atoms with van der Waals surface area (Å²) in [5, 5.41) is 8.79. The summed E-state index contributed by atoms with van der Waals surface area (Å²) in [6.07, 6.45) is -0.220. The molecular weight excluding hydrogens is 201 g/mol. The Bertz CT molecular complexity index is 281. The number of thioether (sulfide) groups is 1. The van der Waals surface area contributed by atoms with Gasteiger partial charge < -0.3 is 10.8 Å². The number of benzene rings is 1. The maximum Gasteiger partial charge on any atom is 0.127 e. The van der Waals surface area contributed by atoms with Crippen molar-refractivity contribution in [1.82, 2.24) is 0 Å². The van der Waals surface area contributed by atoms with Crippen molar-refractivity contribution < 1.29 is 9.50 Å². The van der Waals surface area contributed by atoms with E-state index in [-0.39, 0.29) is 5.82 Å². The van der Waals surface area contributed by atoms with Gasteiger partial charge >= 0.3 is 0 Å². The summed E-state index contributed by atoms with van der Waals surface area (Å²) < 4.78 is 13.1. The molecule has 0 saturated carbocycles. The van der Waals surface area contributed by atoms with Crippen LogP contribution in [0.4, 0.5) is 4.39 Å². The number of aliphatic hydroxyl groups excluding tert-OH is 1. The Labute approximate surface area is 87.3 Å². The molecule has 4 heteroatoms. The molecule has 0 fully saturated rings. The number of halogens is 1. The molecule has 0 aliphatic carbocycles. The van der Waals surface area contributed by atoms with E-state index in [2.05, 4.69) is 0 Å². The monoisotopic (exact) mass is 215 g/mol. The molecule has 0 radical (unpaired) electrons. The zero-order valence-electron chi connectivity index (χ0n) is 7.82. The van der Waals surface area contributed by atoms with E-state index < -0.39 is 6.23 Å². The van der Waals surface area contributed by atoms with Gasteiger partial charge in [0, 0.05) is 5.75 Å². The third-order valence-corrected chi connectivity index (χ3v) is 2.81. The third-order valence-electron chi connectivity index (χ3n) is 1.77. The van der Waals surface area contributed by atoms with Crippen LogP contribution >= 0.6 is 11.8 Å². The van der Waals surface area contributed by atoms with Gasteiger partial charge in [-0.2, -0.15) is 11.8 Å². The Morgan fingerprint density at radius 2 is 2.14 bits per heavy atom. The van der Waals surface area contributed by atoms with Gasteiger partial charge in [0.2, 0.25) is 0 Å². The van der Waals surface area contributed by atoms with Gasteiger partial charge in [0.15, 0.2) is 0 Å². The van der Waals surface area contributed by atoms with Crippen molar-refractivity contribution in [3.8, 4) is 0 Å². The zero-order chi connectivity index (χ0) is 10.4. The number of aliphatic hydroxyl groups is 1. The van der Waals surface area contributed by atoms with Crippen LogP contribution < -0.4 is 5.73 Å². The average molecular weight is 215 g/mol. The molecule has 0 amide bonds. The lowest BCUT2D eigenvalue weighted by atomic mass is 10.2. The van der Waals surface area contributed by atoms with E-state index in [9.17, 15) is 4.39 Å². The third kappa shape index (κ3) is 4.09. The van der Waals surface area contributed by atoms with Crippen LogP contribution in [-0.2, 0) is 5.75 Å². The lowest BCUT2D eigenvalue weighted by Gasteiger charge is -2.04. The van der Waals surface area contributed by atoms with Gasteiger partial charge in [-0.25, -0.2) is 4.39 Å². The summed E-state index contributed by atoms with van der Waals surface area (Å²) >= 11 is 1.57. The summed E-state index contributed by atoms with van der Waals surface area (Å²) in [6, 6.07) is 6.71. The first-order chi connectivity index (χ1) is 6.70. The number of nitrogens with two attached hydrogens (primary N) is 1. The molecule has 0 aliphatic rings. The molecule has 1 unspecified atom stereocenters. The topological polar surface area (TPSA) is 46.2 Å². The standard InChI is InChI=1S/C10H14FNOS/c11-9-4-2-1-3-8(9)7-14-6-5-10(12)13/h1-4,10,13H,5-7,12H2. The van der Waals surface area contributed by atoms with Crippen LogP contribution in [0.1, 0.15) is 12.0 Å². The normalized spacial score (nSPS) is 12.8. The molecule has 0 spiro atoms. The van der Waals surface area contributed by atoms with Crippen LogP contribution in [0.5, 0.6) is 0 Å². The molecular formula is C10H14FNOS. The molecule has 0 saturated heterocycles. The van der Waals surface area contributed by atoms with Gasteiger partial charge in [0.05, 0.1) is 0 Å². The molecule has 0 bridgehead atoms. The van der Waals surface area contributed by atoms with E-state index in [1.165, 1.54) is 6.07 Å². The molecule has 1 aromatic rings. The van der Waals surface area contributed by atoms with Crippen molar-refractivity contribution in [2.24, 2.45) is 5.73 Å². The van der Waals surface area contributed by atoms with E-state index in [0.29, 0.717) is 17.7 Å². The van der Waals surface area contributed by atoms with Crippen molar-refractivity contribution in [1.29, 1.82) is 0 Å². The largest absolute Gasteiger partial charge is 0.379 e. The lowest BCUT2D eigenvalue weighted by Crippen LogP contribution is -2.19. The van der Waals surface area contributed by atoms with E-state index in [0.717, 1.165) is 5.75 Å². The van der Waals surface area contributed by atoms with Crippen LogP contribution in [0.2, 0.25) is 0 Å². The van der Waals surface area contributed by atoms with E-state index in [1.54, 1.807) is 23.9 Å². The van der Waals surface area contributed by atoms with Gasteiger partial charge in [0.25, 0.3) is 0 Å². The lowest BCUT2D eigenvalue weighted by molar-refractivity contribution is 0.179. The van der Waals surface area contributed by atoms with Gasteiger partial charge in [0.1, 0.15) is 12.0 Å². The van der Waals surface area contributed by atoms with Crippen molar-refractivity contribution in [3.63, 3.8) is 0 Å². The summed E-state index contributed by atoms with van der Waals surface area (Å²) in [7, 11) is 0. The van der Waals surface area contributed by atoms with Gasteiger partial charge in [-0.3, -0.25) is 0 Å². The highest BCUT2D eigenvalue weighted by atomic mass is 32.2. The van der Waals surface area contributed by atoms with Crippen LogP contribution in [0.3, 0.4) is 0 Å². The Kier molecular flexibility index (Phi) is 4.93. The molecule has 78 valence electrons. The Hall–Kier alpha value is -0.580. The minimum absolute atomic E-state index is 0.173. The van der Waals surface area contributed by atoms with E-state index in [1.807, 2.05) is 6.07 Å². The highest BCUT2D eigenvalue weighted by Crippen LogP contribution is 2.15. The molecule has 0 aliphatic heterocycles. The second-order valence-corrected chi connectivity index (χ2v) is 4.11. The first kappa shape index (κ1) is 11.5. The smallest absolute Gasteiger partial charge is 0.127 e. The van der Waals surface area contributed by atoms with Gasteiger partial charge in [-0.15, -0.1) is 0 Å². The maximum atomic E-state index is 13.1. The molecule has 1 atom stereocenters. The minimum atomic E-state index is -0.761. The molecule has 1 aromatic carbocycles. The predicted molar refractivity (Wildman–Crippen MR) is 57.4 cm³/mol. The zero-order valence-corrected chi connectivity index (χ0v) is 8.64. The number of hydrogen-bond acceptors (Lipinski definition) is 3. The summed E-state index contributed by atoms with van der Waals surface area (Å²) in [5.41, 5.74) is 5.87. The van der Waals surface area contributed by atoms with Crippen molar-refractivity contribution in [3.05, 3.63) is 35.6 Å². The number of hydrogen-bond donors (Lipinski definition) is 2. The maximum absolute atomic E-state index is 13.1. The summed E-state index contributed by atoms with van der Waals surface area (Å²) in [6.45, 7) is 0. The van der Waals surface area contributed by atoms with Gasteiger partial charge in [-0.1, -0.05) is 18.2 Å². The highest BCUT2D eigenvalue weighted by Gasteiger charge is 2.01. The molecule has 2 nitrogen and oxygen atoms in total. The predicted octanol–water partition coefficient (Wildman–Crippen LogP) is 1.73. The molecule has 0 heterocycles. The summed E-state index contributed by atoms with van der Waals surface area (Å²) in [5.74, 6) is 1.19. The summed E-state index contributed by atoms with van der Waals surface area (Å²) in [4.78, 5) is 0.